The molecule has 1 heterocycles. The van der Waals surface area contributed by atoms with Crippen LogP contribution in [0.5, 0.6) is 0 Å². The first-order chi connectivity index (χ1) is 3.29. The first kappa shape index (κ1) is 4.04. The number of H-pyrrole nitrogens is 1. The van der Waals surface area contributed by atoms with Crippen LogP contribution in [-0.4, -0.2) is 10.1 Å². The summed E-state index contributed by atoms with van der Waals surface area (Å²) in [6, 6.07) is 0. The number of rotatable bonds is 0. The lowest BCUT2D eigenvalue weighted by atomic mass is 11.2. The Balaban J connectivity index is 3.30. The predicted molar refractivity (Wildman–Crippen MR) is 17.1 cm³/mol. The Bertz CT molecular complexity index is 201. The van der Waals surface area contributed by atoms with Gasteiger partial charge in [0.15, 0.2) is 0 Å². The van der Waals surface area contributed by atoms with E-state index in [-0.39, 0.29) is 0 Å². The monoisotopic (exact) mass is 104 g/mol. The summed E-state index contributed by atoms with van der Waals surface area (Å²) in [6.45, 7) is 0. The van der Waals surface area contributed by atoms with E-state index >= 15 is 0 Å². The van der Waals surface area contributed by atoms with Crippen molar-refractivity contribution in [1.82, 2.24) is 10.1 Å². The smallest absolute Gasteiger partial charge is 0.293 e. The molecule has 1 aromatic heterocycles. The molecule has 0 fully saturated rings. The first-order valence-electron chi connectivity index (χ1n) is 1.50. The van der Waals surface area contributed by atoms with Crippen molar-refractivity contribution in [3.8, 4) is 0 Å². The van der Waals surface area contributed by atoms with Crippen LogP contribution in [0.25, 0.3) is 0 Å². The van der Waals surface area contributed by atoms with Crippen LogP contribution in [0.1, 0.15) is 0 Å². The lowest BCUT2D eigenvalue weighted by Gasteiger charge is -1.56. The molecule has 0 radical (unpaired) electrons. The molecule has 1 aromatic rings. The third kappa shape index (κ3) is 0.648. The molecule has 0 atom stereocenters. The third-order valence-corrected chi connectivity index (χ3v) is 0.414. The Kier molecular flexibility index (Phi) is 0.680. The highest BCUT2D eigenvalue weighted by Crippen LogP contribution is 1.72. The zero-order chi connectivity index (χ0) is 5.28. The molecule has 7 heavy (non-hydrogen) atoms. The van der Waals surface area contributed by atoms with Crippen molar-refractivity contribution in [3.05, 3.63) is 16.6 Å². The first-order valence-corrected chi connectivity index (χ1v) is 1.50. The highest BCUT2D eigenvalue weighted by molar-refractivity contribution is 4.48. The Morgan fingerprint density at radius 3 is 2.71 bits per heavy atom. The summed E-state index contributed by atoms with van der Waals surface area (Å²) in [6.07, 6.45) is -0.995. The van der Waals surface area contributed by atoms with Crippen molar-refractivity contribution in [1.29, 1.82) is 0 Å². The molecule has 5 heteroatoms. The standard InChI is InChI=1S/C2HFN2O2/c3-1-4-2(6)7-5-1/h(H,4,5,6). The molecule has 0 aliphatic heterocycles. The highest BCUT2D eigenvalue weighted by atomic mass is 19.1. The number of hydrogen-bond donors (Lipinski definition) is 1. The number of aromatic nitrogens is 2. The fourth-order valence-corrected chi connectivity index (χ4v) is 0.211. The minimum absolute atomic E-state index is 0.877. The molecule has 0 unspecified atom stereocenters. The molecule has 0 amide bonds. The third-order valence-electron chi connectivity index (χ3n) is 0.414. The highest BCUT2D eigenvalue weighted by Gasteiger charge is 1.91. The molecule has 0 aliphatic rings. The van der Waals surface area contributed by atoms with Gasteiger partial charge in [0.05, 0.1) is 0 Å². The average Bonchev–Trinajstić information content (AvgIpc) is 1.87. The van der Waals surface area contributed by atoms with E-state index < -0.39 is 11.8 Å². The maximum absolute atomic E-state index is 11.5. The van der Waals surface area contributed by atoms with Crippen LogP contribution in [0, 0.1) is 6.08 Å². The van der Waals surface area contributed by atoms with Gasteiger partial charge in [0.2, 0.25) is 0 Å². The summed E-state index contributed by atoms with van der Waals surface area (Å²) in [5, 5.41) is 2.61. The van der Waals surface area contributed by atoms with E-state index in [0.717, 1.165) is 0 Å². The van der Waals surface area contributed by atoms with Crippen molar-refractivity contribution in [2.75, 3.05) is 0 Å². The van der Waals surface area contributed by atoms with E-state index in [1.165, 1.54) is 0 Å². The summed E-state index contributed by atoms with van der Waals surface area (Å²) < 4.78 is 15.2. The molecule has 0 aliphatic carbocycles. The van der Waals surface area contributed by atoms with Gasteiger partial charge in [-0.1, -0.05) is 0 Å². The number of nitrogens with one attached hydrogen (secondary N) is 1. The fraction of sp³-hybridized carbons (Fsp3) is 0. The predicted octanol–water partition coefficient (Wildman–Crippen LogP) is -0.498. The van der Waals surface area contributed by atoms with Crippen molar-refractivity contribution in [3.63, 3.8) is 0 Å². The molecule has 0 aromatic carbocycles. The Morgan fingerprint density at radius 2 is 2.57 bits per heavy atom. The van der Waals surface area contributed by atoms with Crippen LogP contribution < -0.4 is 5.76 Å². The van der Waals surface area contributed by atoms with Crippen LogP contribution in [0.4, 0.5) is 4.39 Å². The van der Waals surface area contributed by atoms with Crippen LogP contribution in [0.3, 0.4) is 0 Å². The number of aromatic amines is 1. The Morgan fingerprint density at radius 1 is 1.86 bits per heavy atom. The van der Waals surface area contributed by atoms with E-state index in [1.807, 2.05) is 0 Å². The number of halogens is 1. The average molecular weight is 104 g/mol. The lowest BCUT2D eigenvalue weighted by molar-refractivity contribution is 0.355. The second kappa shape index (κ2) is 1.18. The van der Waals surface area contributed by atoms with Gasteiger partial charge in [-0.25, -0.2) is 9.78 Å². The molecular weight excluding hydrogens is 103 g/mol. The number of hydrogen-bond acceptors (Lipinski definition) is 3. The molecule has 0 bridgehead atoms. The normalized spacial score (nSPS) is 9.29. The van der Waals surface area contributed by atoms with Gasteiger partial charge in [-0.2, -0.15) is 4.39 Å². The van der Waals surface area contributed by atoms with Crippen LogP contribution in [0.2, 0.25) is 0 Å². The van der Waals surface area contributed by atoms with Gasteiger partial charge < -0.3 is 0 Å². The van der Waals surface area contributed by atoms with Crippen molar-refractivity contribution in [2.24, 2.45) is 0 Å². The van der Waals surface area contributed by atoms with Crippen LogP contribution in [-0.2, 0) is 0 Å². The van der Waals surface area contributed by atoms with Crippen LogP contribution in [0.15, 0.2) is 9.32 Å². The van der Waals surface area contributed by atoms with Crippen molar-refractivity contribution in [2.45, 2.75) is 0 Å². The maximum Gasteiger partial charge on any atom is 0.441 e. The molecule has 0 saturated carbocycles. The number of nitrogens with zero attached hydrogens (tertiary/aromatic N) is 1. The topological polar surface area (TPSA) is 58.9 Å². The summed E-state index contributed by atoms with van der Waals surface area (Å²) in [4.78, 5) is 11.4. The minimum atomic E-state index is -0.995. The van der Waals surface area contributed by atoms with Crippen LogP contribution >= 0.6 is 0 Å². The van der Waals surface area contributed by atoms with E-state index in [9.17, 15) is 9.18 Å². The van der Waals surface area contributed by atoms with Gasteiger partial charge in [-0.3, -0.25) is 4.52 Å². The van der Waals surface area contributed by atoms with E-state index in [0.29, 0.717) is 0 Å². The van der Waals surface area contributed by atoms with Gasteiger partial charge in [0.25, 0.3) is 0 Å². The van der Waals surface area contributed by atoms with Crippen molar-refractivity contribution >= 4 is 0 Å². The summed E-state index contributed by atoms with van der Waals surface area (Å²) in [7, 11) is 0. The van der Waals surface area contributed by atoms with E-state index in [2.05, 4.69) is 9.68 Å². The lowest BCUT2D eigenvalue weighted by Crippen LogP contribution is -1.94. The molecule has 38 valence electrons. The largest absolute Gasteiger partial charge is 0.441 e. The maximum atomic E-state index is 11.5. The summed E-state index contributed by atoms with van der Waals surface area (Å²) in [5.41, 5.74) is 0. The van der Waals surface area contributed by atoms with Crippen molar-refractivity contribution < 1.29 is 8.91 Å². The molecule has 0 saturated heterocycles. The zero-order valence-corrected chi connectivity index (χ0v) is 3.14. The summed E-state index contributed by atoms with van der Waals surface area (Å²) >= 11 is 0. The Labute approximate surface area is 36.9 Å². The van der Waals surface area contributed by atoms with Gasteiger partial charge in [-0.05, 0) is 5.16 Å². The SMILES string of the molecule is O=c1[nH]c(F)no1. The van der Waals surface area contributed by atoms with Gasteiger partial charge in [0, 0.05) is 0 Å². The van der Waals surface area contributed by atoms with Gasteiger partial charge in [0.1, 0.15) is 0 Å². The fourth-order valence-electron chi connectivity index (χ4n) is 0.211. The second-order valence-electron chi connectivity index (χ2n) is 0.886. The summed E-state index contributed by atoms with van der Waals surface area (Å²) in [5.74, 6) is -0.877. The van der Waals surface area contributed by atoms with E-state index in [4.69, 9.17) is 0 Å². The quantitative estimate of drug-likeness (QED) is 0.482. The Hall–Kier alpha value is -1.13. The van der Waals surface area contributed by atoms with E-state index in [1.54, 1.807) is 4.98 Å². The molecule has 1 N–H and O–H groups in total. The van der Waals surface area contributed by atoms with Gasteiger partial charge >= 0.3 is 11.8 Å². The minimum Gasteiger partial charge on any atom is -0.293 e. The molecular formula is C2HFN2O2. The second-order valence-corrected chi connectivity index (χ2v) is 0.886. The molecule has 4 nitrogen and oxygen atoms in total. The molecule has 1 rings (SSSR count). The van der Waals surface area contributed by atoms with Gasteiger partial charge in [-0.15, -0.1) is 0 Å². The zero-order valence-electron chi connectivity index (χ0n) is 3.14. The molecule has 0 spiro atoms.